The highest BCUT2D eigenvalue weighted by Crippen LogP contribution is 2.33. The van der Waals surface area contributed by atoms with Crippen molar-refractivity contribution in [1.82, 2.24) is 4.90 Å². The number of hydrogen-bond donors (Lipinski definition) is 0. The lowest BCUT2D eigenvalue weighted by Gasteiger charge is -2.16. The van der Waals surface area contributed by atoms with E-state index in [-0.39, 0.29) is 5.91 Å². The van der Waals surface area contributed by atoms with Crippen LogP contribution in [-0.2, 0) is 11.4 Å². The smallest absolute Gasteiger partial charge is 0.281 e. The number of benzene rings is 3. The van der Waals surface area contributed by atoms with Crippen molar-refractivity contribution in [2.45, 2.75) is 13.5 Å². The molecule has 35 heavy (non-hydrogen) atoms. The molecule has 1 aliphatic rings. The van der Waals surface area contributed by atoms with E-state index in [1.165, 1.54) is 4.90 Å². The van der Waals surface area contributed by atoms with Gasteiger partial charge < -0.3 is 19.1 Å². The van der Waals surface area contributed by atoms with Gasteiger partial charge in [0.2, 0.25) is 0 Å². The van der Waals surface area contributed by atoms with E-state index < -0.39 is 0 Å². The van der Waals surface area contributed by atoms with Crippen LogP contribution in [0.15, 0.2) is 72.4 Å². The van der Waals surface area contributed by atoms with Crippen molar-refractivity contribution >= 4 is 46.6 Å². The van der Waals surface area contributed by atoms with Crippen LogP contribution >= 0.6 is 23.8 Å². The van der Waals surface area contributed by atoms with E-state index in [0.717, 1.165) is 16.9 Å². The maximum Gasteiger partial charge on any atom is 0.281 e. The first-order valence-corrected chi connectivity index (χ1v) is 11.8. The third-order valence-electron chi connectivity index (χ3n) is 5.50. The van der Waals surface area contributed by atoms with Crippen LogP contribution in [0.2, 0.25) is 5.02 Å². The van der Waals surface area contributed by atoms with Gasteiger partial charge in [-0.2, -0.15) is 0 Å². The number of ether oxygens (including phenoxy) is 3. The van der Waals surface area contributed by atoms with Gasteiger partial charge in [0.15, 0.2) is 16.6 Å². The van der Waals surface area contributed by atoms with Crippen molar-refractivity contribution < 1.29 is 19.0 Å². The van der Waals surface area contributed by atoms with Gasteiger partial charge in [-0.25, -0.2) is 0 Å². The lowest BCUT2D eigenvalue weighted by molar-refractivity contribution is -0.114. The van der Waals surface area contributed by atoms with E-state index >= 15 is 0 Å². The molecule has 0 saturated carbocycles. The Morgan fingerprint density at radius 1 is 1.00 bits per heavy atom. The van der Waals surface area contributed by atoms with Gasteiger partial charge in [0.25, 0.3) is 5.91 Å². The molecule has 0 bridgehead atoms. The molecule has 0 unspecified atom stereocenters. The van der Waals surface area contributed by atoms with Crippen molar-refractivity contribution in [1.29, 1.82) is 0 Å². The fourth-order valence-electron chi connectivity index (χ4n) is 3.66. The van der Waals surface area contributed by atoms with E-state index in [2.05, 4.69) is 0 Å². The average molecular weight is 509 g/mol. The van der Waals surface area contributed by atoms with Crippen molar-refractivity contribution in [3.63, 3.8) is 0 Å². The highest BCUT2D eigenvalue weighted by molar-refractivity contribution is 7.80. The van der Waals surface area contributed by atoms with Crippen LogP contribution in [0.3, 0.4) is 0 Å². The van der Waals surface area contributed by atoms with Crippen molar-refractivity contribution in [2.24, 2.45) is 0 Å². The van der Waals surface area contributed by atoms with Crippen molar-refractivity contribution in [2.75, 3.05) is 25.7 Å². The second-order valence-corrected chi connectivity index (χ2v) is 8.50. The monoisotopic (exact) mass is 508 g/mol. The number of amides is 1. The summed E-state index contributed by atoms with van der Waals surface area (Å²) in [4.78, 5) is 16.5. The molecule has 1 fully saturated rings. The van der Waals surface area contributed by atoms with Gasteiger partial charge in [0, 0.05) is 17.6 Å². The lowest BCUT2D eigenvalue weighted by atomic mass is 10.1. The van der Waals surface area contributed by atoms with Gasteiger partial charge in [-0.05, 0) is 73.2 Å². The molecule has 0 radical (unpaired) electrons. The van der Waals surface area contributed by atoms with E-state index in [9.17, 15) is 4.79 Å². The Balaban J connectivity index is 1.55. The topological polar surface area (TPSA) is 51.2 Å². The molecule has 0 aliphatic carbocycles. The summed E-state index contributed by atoms with van der Waals surface area (Å²) in [6.07, 6.45) is 1.78. The fraction of sp³-hybridized carbons (Fsp3) is 0.185. The van der Waals surface area contributed by atoms with Crippen LogP contribution in [0, 0.1) is 0 Å². The first kappa shape index (κ1) is 24.6. The molecule has 180 valence electrons. The number of rotatable bonds is 8. The molecule has 0 aromatic heterocycles. The Kier molecular flexibility index (Phi) is 7.58. The Bertz CT molecular complexity index is 1280. The molecule has 3 aromatic rings. The Labute approximate surface area is 215 Å². The quantitative estimate of drug-likeness (QED) is 0.277. The molecular weight excluding hydrogens is 484 g/mol. The number of likely N-dealkylation sites (N-methyl/N-ethyl adjacent to an activating group) is 1. The predicted molar refractivity (Wildman–Crippen MR) is 142 cm³/mol. The van der Waals surface area contributed by atoms with Gasteiger partial charge in [0.1, 0.15) is 18.1 Å². The second-order valence-electron chi connectivity index (χ2n) is 7.73. The molecule has 6 nitrogen and oxygen atoms in total. The molecular formula is C27H25ClN2O4S. The van der Waals surface area contributed by atoms with E-state index in [1.54, 1.807) is 25.1 Å². The number of nitrogens with zero attached hydrogens (tertiary/aromatic N) is 2. The average Bonchev–Trinajstić information content (AvgIpc) is 3.07. The Morgan fingerprint density at radius 3 is 2.43 bits per heavy atom. The van der Waals surface area contributed by atoms with E-state index in [1.807, 2.05) is 73.7 Å². The minimum atomic E-state index is -0.209. The SMILES string of the molecule is CCOc1ccc(N2C(=O)/C(=C/c3ccc(OCc4ccccc4Cl)c(OC)c3)N(C)C2=S)cc1. The van der Waals surface area contributed by atoms with Crippen LogP contribution in [0.25, 0.3) is 6.08 Å². The summed E-state index contributed by atoms with van der Waals surface area (Å²) in [6.45, 7) is 2.80. The maximum absolute atomic E-state index is 13.3. The summed E-state index contributed by atoms with van der Waals surface area (Å²) in [5, 5.41) is 1.04. The highest BCUT2D eigenvalue weighted by atomic mass is 35.5. The minimum absolute atomic E-state index is 0.209. The first-order chi connectivity index (χ1) is 16.9. The van der Waals surface area contributed by atoms with Crippen LogP contribution < -0.4 is 19.1 Å². The number of hydrogen-bond acceptors (Lipinski definition) is 5. The number of thiocarbonyl (C=S) groups is 1. The zero-order valence-corrected chi connectivity index (χ0v) is 21.2. The van der Waals surface area contributed by atoms with Gasteiger partial charge in [-0.15, -0.1) is 0 Å². The van der Waals surface area contributed by atoms with Crippen LogP contribution in [0.5, 0.6) is 17.2 Å². The van der Waals surface area contributed by atoms with Crippen molar-refractivity contribution in [3.05, 3.63) is 88.6 Å². The molecule has 0 atom stereocenters. The third kappa shape index (κ3) is 5.26. The zero-order valence-electron chi connectivity index (χ0n) is 19.7. The standard InChI is InChI=1S/C27H25ClN2O4S/c1-4-33-21-12-10-20(11-13-21)30-26(31)23(29(2)27(30)35)15-18-9-14-24(25(16-18)32-3)34-17-19-7-5-6-8-22(19)28/h5-16H,4,17H2,1-3H3/b23-15-. The molecule has 1 saturated heterocycles. The molecule has 0 spiro atoms. The third-order valence-corrected chi connectivity index (χ3v) is 6.32. The molecule has 4 rings (SSSR count). The zero-order chi connectivity index (χ0) is 24.9. The van der Waals surface area contributed by atoms with Gasteiger partial charge >= 0.3 is 0 Å². The van der Waals surface area contributed by atoms with Crippen LogP contribution in [0.4, 0.5) is 5.69 Å². The summed E-state index contributed by atoms with van der Waals surface area (Å²) in [5.74, 6) is 1.65. The summed E-state index contributed by atoms with van der Waals surface area (Å²) in [5.41, 5.74) is 2.79. The van der Waals surface area contributed by atoms with Gasteiger partial charge in [-0.3, -0.25) is 9.69 Å². The van der Waals surface area contributed by atoms with Crippen LogP contribution in [-0.4, -0.2) is 36.7 Å². The Morgan fingerprint density at radius 2 is 1.74 bits per heavy atom. The summed E-state index contributed by atoms with van der Waals surface area (Å²) >= 11 is 11.8. The highest BCUT2D eigenvalue weighted by Gasteiger charge is 2.36. The number of methoxy groups -OCH3 is 1. The first-order valence-electron chi connectivity index (χ1n) is 11.0. The molecule has 1 amide bonds. The normalized spacial score (nSPS) is 14.6. The minimum Gasteiger partial charge on any atom is -0.494 e. The van der Waals surface area contributed by atoms with Crippen LogP contribution in [0.1, 0.15) is 18.1 Å². The van der Waals surface area contributed by atoms with E-state index in [4.69, 9.17) is 38.0 Å². The molecule has 1 aliphatic heterocycles. The second kappa shape index (κ2) is 10.8. The molecule has 1 heterocycles. The van der Waals surface area contributed by atoms with Gasteiger partial charge in [-0.1, -0.05) is 35.9 Å². The summed E-state index contributed by atoms with van der Waals surface area (Å²) < 4.78 is 17.0. The number of carbonyl (C=O) groups is 1. The van der Waals surface area contributed by atoms with E-state index in [0.29, 0.717) is 46.2 Å². The molecule has 3 aromatic carbocycles. The largest absolute Gasteiger partial charge is 0.494 e. The molecule has 0 N–H and O–H groups in total. The fourth-order valence-corrected chi connectivity index (χ4v) is 4.14. The Hall–Kier alpha value is -3.55. The maximum atomic E-state index is 13.3. The van der Waals surface area contributed by atoms with Crippen molar-refractivity contribution in [3.8, 4) is 17.2 Å². The molecule has 8 heteroatoms. The summed E-state index contributed by atoms with van der Waals surface area (Å²) in [7, 11) is 3.35. The predicted octanol–water partition coefficient (Wildman–Crippen LogP) is 5.93. The lowest BCUT2D eigenvalue weighted by Crippen LogP contribution is -2.31. The number of carbonyl (C=O) groups excluding carboxylic acids is 1. The number of anilines is 1. The number of halogens is 1. The summed E-state index contributed by atoms with van der Waals surface area (Å²) in [6, 6.07) is 20.3. The van der Waals surface area contributed by atoms with Gasteiger partial charge in [0.05, 0.1) is 19.4 Å².